The van der Waals surface area contributed by atoms with Gasteiger partial charge in [-0.2, -0.15) is 5.26 Å². The molecule has 0 aliphatic carbocycles. The molecule has 1 saturated heterocycles. The number of hydrogen-bond acceptors (Lipinski definition) is 5. The van der Waals surface area contributed by atoms with Gasteiger partial charge in [0.25, 0.3) is 0 Å². The molecule has 2 heterocycles. The zero-order valence-electron chi connectivity index (χ0n) is 19.7. The Hall–Kier alpha value is -4.64. The summed E-state index contributed by atoms with van der Waals surface area (Å²) in [6.07, 6.45) is 1.75. The van der Waals surface area contributed by atoms with Crippen molar-refractivity contribution in [2.45, 2.75) is 6.92 Å². The van der Waals surface area contributed by atoms with Crippen LogP contribution < -0.4 is 10.6 Å². The second kappa shape index (κ2) is 9.19. The number of nitrogens with two attached hydrogens (primary N) is 1. The minimum Gasteiger partial charge on any atom is -0.506 e. The van der Waals surface area contributed by atoms with Crippen LogP contribution in [0.25, 0.3) is 33.2 Å². The number of nitrogens with zero attached hydrogens (tertiary/aromatic N) is 4. The second-order valence-corrected chi connectivity index (χ2v) is 8.90. The summed E-state index contributed by atoms with van der Waals surface area (Å²) in [5.41, 5.74) is 10.8. The number of amides is 2. The Balaban J connectivity index is 1.73. The lowest BCUT2D eigenvalue weighted by molar-refractivity contribution is 0.204. The zero-order chi connectivity index (χ0) is 25.4. The number of phenols is 1. The lowest BCUT2D eigenvalue weighted by Gasteiger charge is -2.36. The fourth-order valence-electron chi connectivity index (χ4n) is 4.81. The molecule has 5 rings (SSSR count). The van der Waals surface area contributed by atoms with Gasteiger partial charge in [-0.25, -0.2) is 9.18 Å². The molecule has 2 amide bonds. The maximum Gasteiger partial charge on any atom is 0.314 e. The van der Waals surface area contributed by atoms with Gasteiger partial charge in [-0.1, -0.05) is 24.3 Å². The highest BCUT2D eigenvalue weighted by Gasteiger charge is 2.24. The van der Waals surface area contributed by atoms with Crippen molar-refractivity contribution < 1.29 is 14.3 Å². The average Bonchev–Trinajstić information content (AvgIpc) is 2.87. The van der Waals surface area contributed by atoms with Gasteiger partial charge >= 0.3 is 6.03 Å². The molecule has 7 nitrogen and oxygen atoms in total. The number of aryl methyl sites for hydroxylation is 1. The molecule has 0 unspecified atom stereocenters. The Morgan fingerprint density at radius 1 is 1.06 bits per heavy atom. The van der Waals surface area contributed by atoms with Gasteiger partial charge in [-0.05, 0) is 53.9 Å². The molecule has 0 atom stereocenters. The summed E-state index contributed by atoms with van der Waals surface area (Å²) in [5, 5.41) is 20.8. The van der Waals surface area contributed by atoms with E-state index < -0.39 is 6.03 Å². The Morgan fingerprint density at radius 3 is 2.53 bits per heavy atom. The van der Waals surface area contributed by atoms with Crippen LogP contribution in [-0.4, -0.2) is 47.2 Å². The molecule has 0 spiro atoms. The summed E-state index contributed by atoms with van der Waals surface area (Å²) in [4.78, 5) is 20.1. The smallest absolute Gasteiger partial charge is 0.314 e. The number of carbonyl (C=O) groups excluding carboxylic acids is 1. The van der Waals surface area contributed by atoms with Gasteiger partial charge in [0.15, 0.2) is 0 Å². The van der Waals surface area contributed by atoms with Crippen molar-refractivity contribution in [1.82, 2.24) is 9.88 Å². The van der Waals surface area contributed by atoms with E-state index in [9.17, 15) is 19.6 Å². The monoisotopic (exact) mass is 481 g/mol. The number of carbonyl (C=O) groups is 1. The van der Waals surface area contributed by atoms with Crippen molar-refractivity contribution >= 4 is 22.6 Å². The molecule has 1 aliphatic heterocycles. The molecular formula is C28H24FN5O2. The number of aromatic nitrogens is 1. The molecule has 36 heavy (non-hydrogen) atoms. The highest BCUT2D eigenvalue weighted by Crippen LogP contribution is 2.40. The predicted molar refractivity (Wildman–Crippen MR) is 137 cm³/mol. The van der Waals surface area contributed by atoms with Crippen LogP contribution in [0.2, 0.25) is 0 Å². The molecule has 1 aromatic heterocycles. The van der Waals surface area contributed by atoms with Crippen molar-refractivity contribution in [2.75, 3.05) is 31.1 Å². The summed E-state index contributed by atoms with van der Waals surface area (Å²) in [6.45, 7) is 3.86. The lowest BCUT2D eigenvalue weighted by atomic mass is 9.96. The quantitative estimate of drug-likeness (QED) is 0.437. The first-order valence-corrected chi connectivity index (χ1v) is 11.6. The number of pyridine rings is 1. The Bertz CT molecular complexity index is 1520. The third-order valence-electron chi connectivity index (χ3n) is 6.57. The molecule has 3 N–H and O–H groups in total. The third-order valence-corrected chi connectivity index (χ3v) is 6.57. The highest BCUT2D eigenvalue weighted by molar-refractivity contribution is 6.02. The first-order valence-electron chi connectivity index (χ1n) is 11.6. The molecule has 4 aromatic rings. The van der Waals surface area contributed by atoms with E-state index in [1.54, 1.807) is 29.3 Å². The normalized spacial score (nSPS) is 13.6. The molecule has 1 fully saturated rings. The number of rotatable bonds is 3. The molecule has 0 saturated carbocycles. The number of aromatic hydroxyl groups is 1. The van der Waals surface area contributed by atoms with Crippen LogP contribution >= 0.6 is 0 Å². The minimum atomic E-state index is -0.453. The van der Waals surface area contributed by atoms with Crippen LogP contribution in [0.1, 0.15) is 11.1 Å². The number of anilines is 1. The number of piperazine rings is 1. The standard InChI is InChI=1S/C28H24FN5O2/c1-17-11-20(13-21(29)12-17)24-16-32-25-6-5-18(22-4-2-3-19(15-30)27(22)35)14-23(25)26(24)33-7-9-34(10-8-33)28(31)36/h2-6,11-14,16,35H,7-10H2,1H3,(H2,31,36). The van der Waals surface area contributed by atoms with Crippen molar-refractivity contribution in [3.8, 4) is 34.1 Å². The summed E-state index contributed by atoms with van der Waals surface area (Å²) >= 11 is 0. The Labute approximate surface area is 207 Å². The number of nitriles is 1. The maximum atomic E-state index is 14.4. The van der Waals surface area contributed by atoms with Crippen LogP contribution in [0.5, 0.6) is 5.75 Å². The van der Waals surface area contributed by atoms with Gasteiger partial charge in [-0.3, -0.25) is 4.98 Å². The third kappa shape index (κ3) is 4.16. The van der Waals surface area contributed by atoms with E-state index >= 15 is 0 Å². The largest absolute Gasteiger partial charge is 0.506 e. The molecular weight excluding hydrogens is 457 g/mol. The summed E-state index contributed by atoms with van der Waals surface area (Å²) in [7, 11) is 0. The van der Waals surface area contributed by atoms with E-state index in [1.807, 2.05) is 37.3 Å². The van der Waals surface area contributed by atoms with Crippen LogP contribution in [-0.2, 0) is 0 Å². The van der Waals surface area contributed by atoms with Crippen molar-refractivity contribution in [1.29, 1.82) is 5.26 Å². The predicted octanol–water partition coefficient (Wildman–Crippen LogP) is 4.79. The topological polar surface area (TPSA) is 106 Å². The van der Waals surface area contributed by atoms with Gasteiger partial charge in [0.05, 0.1) is 16.8 Å². The van der Waals surface area contributed by atoms with E-state index in [1.165, 1.54) is 12.1 Å². The van der Waals surface area contributed by atoms with E-state index in [2.05, 4.69) is 9.88 Å². The number of para-hydroxylation sites is 1. The number of fused-ring (bicyclic) bond motifs is 1. The average molecular weight is 482 g/mol. The van der Waals surface area contributed by atoms with Crippen LogP contribution in [0.3, 0.4) is 0 Å². The number of halogens is 1. The second-order valence-electron chi connectivity index (χ2n) is 8.90. The fraction of sp³-hybridized carbons (Fsp3) is 0.179. The number of phenolic OH excluding ortho intramolecular Hbond substituents is 1. The molecule has 180 valence electrons. The van der Waals surface area contributed by atoms with E-state index in [0.717, 1.165) is 33.3 Å². The first-order chi connectivity index (χ1) is 17.4. The molecule has 0 radical (unpaired) electrons. The van der Waals surface area contributed by atoms with Gasteiger partial charge in [-0.15, -0.1) is 0 Å². The van der Waals surface area contributed by atoms with Gasteiger partial charge in [0.2, 0.25) is 0 Å². The van der Waals surface area contributed by atoms with Crippen molar-refractivity contribution in [3.05, 3.63) is 77.7 Å². The van der Waals surface area contributed by atoms with Crippen LogP contribution in [0.15, 0.2) is 60.8 Å². The zero-order valence-corrected chi connectivity index (χ0v) is 19.7. The molecule has 1 aliphatic rings. The number of benzene rings is 3. The van der Waals surface area contributed by atoms with Crippen LogP contribution in [0, 0.1) is 24.1 Å². The Kier molecular flexibility index (Phi) is 5.90. The van der Waals surface area contributed by atoms with E-state index in [4.69, 9.17) is 5.73 Å². The summed E-state index contributed by atoms with van der Waals surface area (Å²) in [5.74, 6) is -0.414. The highest BCUT2D eigenvalue weighted by atomic mass is 19.1. The summed E-state index contributed by atoms with van der Waals surface area (Å²) in [6, 6.07) is 17.2. The SMILES string of the molecule is Cc1cc(F)cc(-c2cnc3ccc(-c4cccc(C#N)c4O)cc3c2N2CCN(C(N)=O)CC2)c1. The molecule has 3 aromatic carbocycles. The van der Waals surface area contributed by atoms with Crippen molar-refractivity contribution in [3.63, 3.8) is 0 Å². The summed E-state index contributed by atoms with van der Waals surface area (Å²) < 4.78 is 14.4. The first kappa shape index (κ1) is 23.1. The number of primary amides is 1. The van der Waals surface area contributed by atoms with Gasteiger partial charge in [0.1, 0.15) is 17.6 Å². The van der Waals surface area contributed by atoms with Crippen molar-refractivity contribution in [2.24, 2.45) is 5.73 Å². The molecule has 8 heteroatoms. The number of hydrogen-bond donors (Lipinski definition) is 2. The Morgan fingerprint density at radius 2 is 1.83 bits per heavy atom. The minimum absolute atomic E-state index is 0.0826. The van der Waals surface area contributed by atoms with Crippen LogP contribution in [0.4, 0.5) is 14.9 Å². The number of urea groups is 1. The van der Waals surface area contributed by atoms with Gasteiger partial charge in [0, 0.05) is 48.9 Å². The van der Waals surface area contributed by atoms with E-state index in [0.29, 0.717) is 37.3 Å². The molecule has 0 bridgehead atoms. The fourth-order valence-corrected chi connectivity index (χ4v) is 4.81. The lowest BCUT2D eigenvalue weighted by Crippen LogP contribution is -2.50. The van der Waals surface area contributed by atoms with E-state index in [-0.39, 0.29) is 17.1 Å². The van der Waals surface area contributed by atoms with Gasteiger partial charge < -0.3 is 20.6 Å². The maximum absolute atomic E-state index is 14.4.